The Bertz CT molecular complexity index is 601. The van der Waals surface area contributed by atoms with Crippen molar-refractivity contribution in [2.75, 3.05) is 7.05 Å². The van der Waals surface area contributed by atoms with Crippen LogP contribution >= 0.6 is 11.6 Å². The quantitative estimate of drug-likeness (QED) is 0.839. The topological polar surface area (TPSA) is 12.0 Å². The molecule has 0 radical (unpaired) electrons. The minimum Gasteiger partial charge on any atom is -0.309 e. The molecule has 0 aliphatic carbocycles. The second-order valence-electron chi connectivity index (χ2n) is 4.03. The fourth-order valence-electron chi connectivity index (χ4n) is 1.95. The summed E-state index contributed by atoms with van der Waals surface area (Å²) in [6.45, 7) is 0. The number of halogens is 4. The van der Waals surface area contributed by atoms with Gasteiger partial charge in [-0.25, -0.2) is 13.2 Å². The van der Waals surface area contributed by atoms with Crippen molar-refractivity contribution in [3.05, 3.63) is 70.0 Å². The first-order valence-electron chi connectivity index (χ1n) is 5.60. The lowest BCUT2D eigenvalue weighted by Gasteiger charge is -2.19. The Morgan fingerprint density at radius 3 is 2.26 bits per heavy atom. The first kappa shape index (κ1) is 13.9. The van der Waals surface area contributed by atoms with E-state index in [1.807, 2.05) is 0 Å². The highest BCUT2D eigenvalue weighted by molar-refractivity contribution is 6.30. The summed E-state index contributed by atoms with van der Waals surface area (Å²) in [4.78, 5) is 0. The van der Waals surface area contributed by atoms with Crippen molar-refractivity contribution in [3.8, 4) is 0 Å². The van der Waals surface area contributed by atoms with Crippen LogP contribution in [0.3, 0.4) is 0 Å². The van der Waals surface area contributed by atoms with Crippen LogP contribution in [0.5, 0.6) is 0 Å². The second kappa shape index (κ2) is 5.63. The van der Waals surface area contributed by atoms with Crippen molar-refractivity contribution < 1.29 is 13.2 Å². The molecule has 0 aliphatic rings. The molecule has 19 heavy (non-hydrogen) atoms. The molecule has 1 nitrogen and oxygen atoms in total. The average Bonchev–Trinajstić information content (AvgIpc) is 2.38. The van der Waals surface area contributed by atoms with Crippen molar-refractivity contribution in [1.82, 2.24) is 5.32 Å². The molecule has 0 fully saturated rings. The molecule has 0 bridgehead atoms. The summed E-state index contributed by atoms with van der Waals surface area (Å²) in [6.07, 6.45) is 0. The van der Waals surface area contributed by atoms with Gasteiger partial charge in [0, 0.05) is 11.1 Å². The Labute approximate surface area is 114 Å². The highest BCUT2D eigenvalue weighted by atomic mass is 35.5. The third kappa shape index (κ3) is 2.74. The Hall–Kier alpha value is -1.52. The Balaban J connectivity index is 2.55. The average molecular weight is 286 g/mol. The van der Waals surface area contributed by atoms with Crippen molar-refractivity contribution in [2.24, 2.45) is 0 Å². The van der Waals surface area contributed by atoms with Gasteiger partial charge in [-0.05, 0) is 25.2 Å². The third-order valence-electron chi connectivity index (χ3n) is 2.86. The van der Waals surface area contributed by atoms with Crippen molar-refractivity contribution in [1.29, 1.82) is 0 Å². The number of hydrogen-bond acceptors (Lipinski definition) is 1. The van der Waals surface area contributed by atoms with Crippen molar-refractivity contribution >= 4 is 11.6 Å². The van der Waals surface area contributed by atoms with E-state index in [2.05, 4.69) is 5.32 Å². The fraction of sp³-hybridized carbons (Fsp3) is 0.143. The van der Waals surface area contributed by atoms with Gasteiger partial charge >= 0.3 is 0 Å². The number of rotatable bonds is 3. The van der Waals surface area contributed by atoms with E-state index < -0.39 is 23.5 Å². The zero-order valence-electron chi connectivity index (χ0n) is 10.1. The van der Waals surface area contributed by atoms with Crippen LogP contribution < -0.4 is 5.32 Å². The molecule has 0 spiro atoms. The van der Waals surface area contributed by atoms with Gasteiger partial charge in [0.2, 0.25) is 0 Å². The van der Waals surface area contributed by atoms with Crippen molar-refractivity contribution in [2.45, 2.75) is 6.04 Å². The van der Waals surface area contributed by atoms with E-state index in [9.17, 15) is 13.2 Å². The first-order valence-corrected chi connectivity index (χ1v) is 5.98. The molecule has 0 aromatic heterocycles. The van der Waals surface area contributed by atoms with Crippen LogP contribution in [-0.2, 0) is 0 Å². The minimum atomic E-state index is -0.784. The van der Waals surface area contributed by atoms with Gasteiger partial charge in [-0.3, -0.25) is 0 Å². The second-order valence-corrected chi connectivity index (χ2v) is 4.44. The molecule has 5 heteroatoms. The minimum absolute atomic E-state index is 0.00880. The summed E-state index contributed by atoms with van der Waals surface area (Å²) in [7, 11) is 1.54. The smallest absolute Gasteiger partial charge is 0.142 e. The Morgan fingerprint density at radius 1 is 0.947 bits per heavy atom. The third-order valence-corrected chi connectivity index (χ3v) is 3.15. The van der Waals surface area contributed by atoms with Gasteiger partial charge in [0.15, 0.2) is 0 Å². The molecule has 0 saturated heterocycles. The summed E-state index contributed by atoms with van der Waals surface area (Å²) in [5, 5.41) is 2.47. The van der Waals surface area contributed by atoms with Crippen LogP contribution in [0.25, 0.3) is 0 Å². The molecule has 0 amide bonds. The first-order chi connectivity index (χ1) is 9.04. The molecule has 0 saturated carbocycles. The van der Waals surface area contributed by atoms with Crippen LogP contribution in [0.2, 0.25) is 5.02 Å². The molecule has 100 valence electrons. The maximum absolute atomic E-state index is 13.9. The molecule has 2 aromatic rings. The summed E-state index contributed by atoms with van der Waals surface area (Å²) < 4.78 is 41.1. The summed E-state index contributed by atoms with van der Waals surface area (Å²) in [6, 6.07) is 7.03. The van der Waals surface area contributed by atoms with Gasteiger partial charge in [0.25, 0.3) is 0 Å². The van der Waals surface area contributed by atoms with Crippen LogP contribution in [0.1, 0.15) is 17.2 Å². The summed E-state index contributed by atoms with van der Waals surface area (Å²) in [5.41, 5.74) is 0.250. The lowest BCUT2D eigenvalue weighted by atomic mass is 9.98. The van der Waals surface area contributed by atoms with E-state index in [0.29, 0.717) is 0 Å². The van der Waals surface area contributed by atoms with E-state index in [1.54, 1.807) is 13.1 Å². The van der Waals surface area contributed by atoms with Crippen LogP contribution in [0.4, 0.5) is 13.2 Å². The molecule has 1 unspecified atom stereocenters. The van der Waals surface area contributed by atoms with Gasteiger partial charge < -0.3 is 5.32 Å². The van der Waals surface area contributed by atoms with Crippen molar-refractivity contribution in [3.63, 3.8) is 0 Å². The fourth-order valence-corrected chi connectivity index (χ4v) is 2.10. The molecule has 0 heterocycles. The highest BCUT2D eigenvalue weighted by Gasteiger charge is 2.21. The van der Waals surface area contributed by atoms with Crippen LogP contribution in [0.15, 0.2) is 36.4 Å². The van der Waals surface area contributed by atoms with Gasteiger partial charge in [0.1, 0.15) is 17.5 Å². The molecule has 1 atom stereocenters. The highest BCUT2D eigenvalue weighted by Crippen LogP contribution is 2.29. The van der Waals surface area contributed by atoms with E-state index in [0.717, 1.165) is 12.1 Å². The van der Waals surface area contributed by atoms with Gasteiger partial charge in [-0.2, -0.15) is 0 Å². The predicted octanol–water partition coefficient (Wildman–Crippen LogP) is 4.07. The zero-order valence-corrected chi connectivity index (χ0v) is 10.8. The largest absolute Gasteiger partial charge is 0.309 e. The van der Waals surface area contributed by atoms with Gasteiger partial charge in [-0.1, -0.05) is 29.8 Å². The van der Waals surface area contributed by atoms with E-state index in [4.69, 9.17) is 11.6 Å². The SMILES string of the molecule is CNC(c1ccccc1F)c1cc(F)c(Cl)cc1F. The normalized spacial score (nSPS) is 12.5. The Morgan fingerprint density at radius 2 is 1.63 bits per heavy atom. The molecule has 0 aliphatic heterocycles. The molecule has 2 aromatic carbocycles. The van der Waals surface area contributed by atoms with Crippen LogP contribution in [-0.4, -0.2) is 7.05 Å². The number of benzene rings is 2. The maximum Gasteiger partial charge on any atom is 0.142 e. The molecular formula is C14H11ClF3N. The van der Waals surface area contributed by atoms with Crippen LogP contribution in [0, 0.1) is 17.5 Å². The molecule has 2 rings (SSSR count). The standard InChI is InChI=1S/C14H11ClF3N/c1-19-14(8-4-2-3-5-11(8)16)9-6-13(18)10(15)7-12(9)17/h2-7,14,19H,1H3. The lowest BCUT2D eigenvalue weighted by molar-refractivity contribution is 0.537. The van der Waals surface area contributed by atoms with Gasteiger partial charge in [0.05, 0.1) is 11.1 Å². The lowest BCUT2D eigenvalue weighted by Crippen LogP contribution is -2.20. The van der Waals surface area contributed by atoms with E-state index >= 15 is 0 Å². The monoisotopic (exact) mass is 285 g/mol. The molecule has 1 N–H and O–H groups in total. The zero-order chi connectivity index (χ0) is 14.0. The Kier molecular flexibility index (Phi) is 4.12. The van der Waals surface area contributed by atoms with E-state index in [-0.39, 0.29) is 16.1 Å². The summed E-state index contributed by atoms with van der Waals surface area (Å²) in [5.74, 6) is -1.92. The van der Waals surface area contributed by atoms with Gasteiger partial charge in [-0.15, -0.1) is 0 Å². The van der Waals surface area contributed by atoms with E-state index in [1.165, 1.54) is 18.2 Å². The number of nitrogens with one attached hydrogen (secondary N) is 1. The molecular weight excluding hydrogens is 275 g/mol. The summed E-state index contributed by atoms with van der Waals surface area (Å²) >= 11 is 5.50. The number of hydrogen-bond donors (Lipinski definition) is 1. The maximum atomic E-state index is 13.9. The predicted molar refractivity (Wildman–Crippen MR) is 68.7 cm³/mol.